The Kier molecular flexibility index (Phi) is 6.49. The van der Waals surface area contributed by atoms with Gasteiger partial charge >= 0.3 is 5.97 Å². The van der Waals surface area contributed by atoms with Crippen molar-refractivity contribution < 1.29 is 23.1 Å². The monoisotopic (exact) mass is 506 g/mol. The Morgan fingerprint density at radius 2 is 1.56 bits per heavy atom. The number of aromatic nitrogens is 2. The predicted octanol–water partition coefficient (Wildman–Crippen LogP) is 3.24. The lowest BCUT2D eigenvalue weighted by Gasteiger charge is -2.10. The zero-order valence-electron chi connectivity index (χ0n) is 19.3. The fraction of sp³-hybridized carbons (Fsp3) is 0.0800. The minimum Gasteiger partial charge on any atom is -0.478 e. The van der Waals surface area contributed by atoms with E-state index in [1.807, 2.05) is 6.07 Å². The highest BCUT2D eigenvalue weighted by molar-refractivity contribution is 7.92. The van der Waals surface area contributed by atoms with Crippen LogP contribution in [0, 0.1) is 6.92 Å². The van der Waals surface area contributed by atoms with Crippen molar-refractivity contribution in [2.45, 2.75) is 11.8 Å². The molecule has 36 heavy (non-hydrogen) atoms. The van der Waals surface area contributed by atoms with E-state index < -0.39 is 27.5 Å². The Hall–Kier alpha value is -4.64. The first kappa shape index (κ1) is 24.5. The summed E-state index contributed by atoms with van der Waals surface area (Å²) in [5.41, 5.74) is 1.09. The summed E-state index contributed by atoms with van der Waals surface area (Å²) in [4.78, 5) is 36.9. The zero-order chi connectivity index (χ0) is 26.0. The number of carboxylic acids is 1. The van der Waals surface area contributed by atoms with Crippen molar-refractivity contribution in [3.8, 4) is 5.69 Å². The molecule has 1 amide bonds. The molecule has 0 radical (unpaired) electrons. The van der Waals surface area contributed by atoms with Gasteiger partial charge in [-0.1, -0.05) is 24.3 Å². The number of hydrogen-bond donors (Lipinski definition) is 3. The van der Waals surface area contributed by atoms with Crippen LogP contribution in [0.2, 0.25) is 0 Å². The molecule has 0 saturated heterocycles. The summed E-state index contributed by atoms with van der Waals surface area (Å²) in [6, 6.07) is 19.5. The molecule has 1 heterocycles. The number of carbonyl (C=O) groups is 2. The smallest absolute Gasteiger partial charge is 0.335 e. The van der Waals surface area contributed by atoms with E-state index in [4.69, 9.17) is 5.11 Å². The number of amides is 1. The van der Waals surface area contributed by atoms with Crippen LogP contribution >= 0.6 is 0 Å². The second kappa shape index (κ2) is 9.55. The number of carboxylic acid groups (broad SMARTS) is 1. The van der Waals surface area contributed by atoms with Gasteiger partial charge in [0.15, 0.2) is 0 Å². The Labute approximate surface area is 206 Å². The third kappa shape index (κ3) is 4.77. The number of nitrogens with zero attached hydrogens (tertiary/aromatic N) is 2. The van der Waals surface area contributed by atoms with Crippen LogP contribution in [0.5, 0.6) is 0 Å². The SMILES string of the molecule is Cc1c(NC(=O)c2cccc(NS(=O)(=O)c3ccc(C(=O)O)cc3)c2)c(=O)n(-c2ccccc2)n1C. The van der Waals surface area contributed by atoms with Crippen molar-refractivity contribution in [3.63, 3.8) is 0 Å². The highest BCUT2D eigenvalue weighted by Gasteiger charge is 2.20. The average molecular weight is 507 g/mol. The summed E-state index contributed by atoms with van der Waals surface area (Å²) < 4.78 is 30.9. The van der Waals surface area contributed by atoms with Gasteiger partial charge in [0.1, 0.15) is 5.69 Å². The Morgan fingerprint density at radius 3 is 2.19 bits per heavy atom. The first-order valence-corrected chi connectivity index (χ1v) is 12.2. The van der Waals surface area contributed by atoms with Crippen molar-refractivity contribution in [2.75, 3.05) is 10.0 Å². The molecule has 0 aliphatic heterocycles. The van der Waals surface area contributed by atoms with Gasteiger partial charge in [-0.25, -0.2) is 17.9 Å². The summed E-state index contributed by atoms with van der Waals surface area (Å²) in [5.74, 6) is -1.76. The molecule has 0 aliphatic carbocycles. The molecule has 0 fully saturated rings. The minimum absolute atomic E-state index is 0.0462. The molecule has 184 valence electrons. The lowest BCUT2D eigenvalue weighted by Crippen LogP contribution is -2.23. The summed E-state index contributed by atoms with van der Waals surface area (Å²) in [5, 5.41) is 11.6. The van der Waals surface area contributed by atoms with Crippen molar-refractivity contribution in [2.24, 2.45) is 7.05 Å². The maximum absolute atomic E-state index is 13.1. The average Bonchev–Trinajstić information content (AvgIpc) is 3.07. The number of rotatable bonds is 7. The van der Waals surface area contributed by atoms with Crippen molar-refractivity contribution in [1.29, 1.82) is 0 Å². The largest absolute Gasteiger partial charge is 0.478 e. The molecule has 0 spiro atoms. The normalized spacial score (nSPS) is 11.2. The van der Waals surface area contributed by atoms with Crippen LogP contribution in [-0.2, 0) is 17.1 Å². The molecule has 3 N–H and O–H groups in total. The first-order valence-electron chi connectivity index (χ1n) is 10.7. The van der Waals surface area contributed by atoms with Gasteiger partial charge in [0.2, 0.25) is 0 Å². The molecule has 1 aromatic heterocycles. The van der Waals surface area contributed by atoms with E-state index in [1.165, 1.54) is 53.2 Å². The van der Waals surface area contributed by atoms with E-state index in [0.29, 0.717) is 11.4 Å². The lowest BCUT2D eigenvalue weighted by atomic mass is 10.2. The molecule has 0 unspecified atom stereocenters. The van der Waals surface area contributed by atoms with E-state index >= 15 is 0 Å². The molecule has 4 rings (SSSR count). The summed E-state index contributed by atoms with van der Waals surface area (Å²) >= 11 is 0. The van der Waals surface area contributed by atoms with Crippen LogP contribution < -0.4 is 15.6 Å². The summed E-state index contributed by atoms with van der Waals surface area (Å²) in [7, 11) is -2.33. The van der Waals surface area contributed by atoms with Gasteiger partial charge < -0.3 is 10.4 Å². The molecular weight excluding hydrogens is 484 g/mol. The molecule has 0 saturated carbocycles. The third-order valence-electron chi connectivity index (χ3n) is 5.58. The highest BCUT2D eigenvalue weighted by Crippen LogP contribution is 2.20. The number of anilines is 2. The third-order valence-corrected chi connectivity index (χ3v) is 6.98. The molecule has 4 aromatic rings. The Morgan fingerprint density at radius 1 is 0.889 bits per heavy atom. The number of sulfonamides is 1. The molecule has 0 atom stereocenters. The van der Waals surface area contributed by atoms with E-state index in [1.54, 1.807) is 42.9 Å². The van der Waals surface area contributed by atoms with E-state index in [-0.39, 0.29) is 27.4 Å². The molecule has 0 aliphatic rings. The van der Waals surface area contributed by atoms with Gasteiger partial charge in [-0.2, -0.15) is 0 Å². The topological polar surface area (TPSA) is 140 Å². The Bertz CT molecular complexity index is 1620. The quantitative estimate of drug-likeness (QED) is 0.352. The van der Waals surface area contributed by atoms with Gasteiger partial charge in [-0.15, -0.1) is 0 Å². The standard InChI is InChI=1S/C25H22N4O6S/c1-16-22(24(31)29(28(16)2)20-9-4-3-5-10-20)26-23(30)18-7-6-8-19(15-18)27-36(34,35)21-13-11-17(12-14-21)25(32)33/h3-15,27H,1-2H3,(H,26,30)(H,32,33). The van der Waals surface area contributed by atoms with Crippen molar-refractivity contribution in [3.05, 3.63) is 106 Å². The number of aromatic carboxylic acids is 1. The number of carbonyl (C=O) groups excluding carboxylic acids is 1. The van der Waals surface area contributed by atoms with Crippen LogP contribution in [0.25, 0.3) is 5.69 Å². The molecule has 3 aromatic carbocycles. The fourth-order valence-electron chi connectivity index (χ4n) is 3.61. The molecular formula is C25H22N4O6S. The van der Waals surface area contributed by atoms with Crippen LogP contribution in [0.15, 0.2) is 88.6 Å². The predicted molar refractivity (Wildman–Crippen MR) is 134 cm³/mol. The highest BCUT2D eigenvalue weighted by atomic mass is 32.2. The zero-order valence-corrected chi connectivity index (χ0v) is 20.1. The van der Waals surface area contributed by atoms with Gasteiger partial charge in [-0.3, -0.25) is 19.0 Å². The van der Waals surface area contributed by atoms with Crippen molar-refractivity contribution >= 4 is 33.3 Å². The van der Waals surface area contributed by atoms with Crippen LogP contribution in [-0.4, -0.2) is 34.8 Å². The number of benzene rings is 3. The van der Waals surface area contributed by atoms with Gasteiger partial charge in [0, 0.05) is 18.3 Å². The summed E-state index contributed by atoms with van der Waals surface area (Å²) in [6.07, 6.45) is 0. The van der Waals surface area contributed by atoms with Gasteiger partial charge in [0.25, 0.3) is 21.5 Å². The number of hydrogen-bond acceptors (Lipinski definition) is 5. The van der Waals surface area contributed by atoms with E-state index in [2.05, 4.69) is 10.0 Å². The van der Waals surface area contributed by atoms with Gasteiger partial charge in [-0.05, 0) is 61.5 Å². The van der Waals surface area contributed by atoms with Crippen LogP contribution in [0.1, 0.15) is 26.4 Å². The number of para-hydroxylation sites is 1. The summed E-state index contributed by atoms with van der Waals surface area (Å²) in [6.45, 7) is 1.70. The number of nitrogens with one attached hydrogen (secondary N) is 2. The molecule has 0 bridgehead atoms. The fourth-order valence-corrected chi connectivity index (χ4v) is 4.66. The second-order valence-electron chi connectivity index (χ2n) is 7.91. The first-order chi connectivity index (χ1) is 17.1. The maximum atomic E-state index is 13.1. The van der Waals surface area contributed by atoms with Crippen molar-refractivity contribution in [1.82, 2.24) is 9.36 Å². The maximum Gasteiger partial charge on any atom is 0.335 e. The second-order valence-corrected chi connectivity index (χ2v) is 9.59. The van der Waals surface area contributed by atoms with E-state index in [9.17, 15) is 22.8 Å². The van der Waals surface area contributed by atoms with E-state index in [0.717, 1.165) is 0 Å². The lowest BCUT2D eigenvalue weighted by molar-refractivity contribution is 0.0696. The minimum atomic E-state index is -4.03. The van der Waals surface area contributed by atoms with Crippen LogP contribution in [0.3, 0.4) is 0 Å². The Balaban J connectivity index is 1.57. The van der Waals surface area contributed by atoms with Crippen LogP contribution in [0.4, 0.5) is 11.4 Å². The van der Waals surface area contributed by atoms with Gasteiger partial charge in [0.05, 0.1) is 21.8 Å². The molecule has 11 heteroatoms. The molecule has 10 nitrogen and oxygen atoms in total.